The van der Waals surface area contributed by atoms with Crippen molar-refractivity contribution in [3.8, 4) is 0 Å². The van der Waals surface area contributed by atoms with Gasteiger partial charge in [-0.05, 0) is 53.5 Å². The van der Waals surface area contributed by atoms with Crippen molar-refractivity contribution in [1.82, 2.24) is 16.2 Å². The Morgan fingerprint density at radius 1 is 1.12 bits per heavy atom. The first-order chi connectivity index (χ1) is 11.4. The van der Waals surface area contributed by atoms with Crippen molar-refractivity contribution in [2.45, 2.75) is 0 Å². The summed E-state index contributed by atoms with van der Waals surface area (Å²) in [5.41, 5.74) is 5.73. The van der Waals surface area contributed by atoms with E-state index in [1.165, 1.54) is 17.4 Å². The number of hydrogen-bond acceptors (Lipinski definition) is 4. The lowest BCUT2D eigenvalue weighted by Crippen LogP contribution is -2.48. The second-order valence-corrected chi connectivity index (χ2v) is 7.60. The third-order valence-electron chi connectivity index (χ3n) is 2.58. The molecule has 1 aromatic heterocycles. The van der Waals surface area contributed by atoms with Gasteiger partial charge in [0.2, 0.25) is 5.91 Å². The Kier molecular flexibility index (Phi) is 7.10. The molecular weight excluding hydrogens is 478 g/mol. The summed E-state index contributed by atoms with van der Waals surface area (Å²) >= 11 is 13.0. The van der Waals surface area contributed by atoms with Crippen LogP contribution in [0.15, 0.2) is 50.7 Å². The van der Waals surface area contributed by atoms with Gasteiger partial charge in [-0.1, -0.05) is 37.9 Å². The molecule has 0 radical (unpaired) electrons. The number of thiophene rings is 1. The van der Waals surface area contributed by atoms with Crippen LogP contribution in [-0.2, 0) is 4.79 Å². The van der Waals surface area contributed by atoms with Gasteiger partial charge in [0, 0.05) is 15.0 Å². The van der Waals surface area contributed by atoms with Crippen molar-refractivity contribution >= 4 is 78.4 Å². The third kappa shape index (κ3) is 6.16. The summed E-state index contributed by atoms with van der Waals surface area (Å²) in [5, 5.41) is 4.24. The number of amides is 2. The van der Waals surface area contributed by atoms with Crippen LogP contribution in [0.3, 0.4) is 0 Å². The van der Waals surface area contributed by atoms with Crippen LogP contribution in [0.5, 0.6) is 0 Å². The number of benzene rings is 1. The molecule has 0 bridgehead atoms. The zero-order chi connectivity index (χ0) is 17.5. The molecule has 0 spiro atoms. The number of hydrazine groups is 1. The van der Waals surface area contributed by atoms with Gasteiger partial charge in [-0.25, -0.2) is 0 Å². The Morgan fingerprint density at radius 2 is 1.83 bits per heavy atom. The second-order valence-electron chi connectivity index (χ2n) is 4.41. The van der Waals surface area contributed by atoms with E-state index in [0.29, 0.717) is 4.88 Å². The maximum atomic E-state index is 11.8. The van der Waals surface area contributed by atoms with Gasteiger partial charge in [0.25, 0.3) is 5.91 Å². The Balaban J connectivity index is 1.82. The normalized spacial score (nSPS) is 10.4. The van der Waals surface area contributed by atoms with Gasteiger partial charge < -0.3 is 0 Å². The number of carbonyl (C=O) groups is 2. The van der Waals surface area contributed by atoms with Crippen molar-refractivity contribution in [2.24, 2.45) is 0 Å². The average Bonchev–Trinajstić information content (AvgIpc) is 3.04. The fourth-order valence-corrected chi connectivity index (χ4v) is 3.71. The standard InChI is InChI=1S/C15H11Br2N3O2S2/c16-10-6-9(7-11(17)8-10)3-4-13(21)18-15(23)20-19-14(22)12-2-1-5-24-12/h1-8H,(H,19,22)(H2,18,20,21,23)/b4-3+. The highest BCUT2D eigenvalue weighted by atomic mass is 79.9. The molecule has 5 nitrogen and oxygen atoms in total. The Bertz CT molecular complexity index is 772. The molecule has 0 aliphatic rings. The Morgan fingerprint density at radius 3 is 2.46 bits per heavy atom. The van der Waals surface area contributed by atoms with Crippen LogP contribution in [0.25, 0.3) is 6.08 Å². The van der Waals surface area contributed by atoms with Crippen LogP contribution in [0.4, 0.5) is 0 Å². The predicted octanol–water partition coefficient (Wildman–Crippen LogP) is 3.62. The van der Waals surface area contributed by atoms with E-state index >= 15 is 0 Å². The minimum Gasteiger partial charge on any atom is -0.298 e. The van der Waals surface area contributed by atoms with Crippen molar-refractivity contribution in [3.05, 3.63) is 61.2 Å². The molecule has 2 rings (SSSR count). The van der Waals surface area contributed by atoms with Gasteiger partial charge >= 0.3 is 0 Å². The van der Waals surface area contributed by atoms with E-state index in [0.717, 1.165) is 14.5 Å². The number of rotatable bonds is 3. The van der Waals surface area contributed by atoms with Crippen LogP contribution in [0.1, 0.15) is 15.2 Å². The molecule has 0 saturated carbocycles. The molecule has 124 valence electrons. The van der Waals surface area contributed by atoms with Crippen molar-refractivity contribution in [3.63, 3.8) is 0 Å². The van der Waals surface area contributed by atoms with E-state index in [1.54, 1.807) is 23.6 Å². The number of hydrogen-bond donors (Lipinski definition) is 3. The quantitative estimate of drug-likeness (QED) is 0.350. The third-order valence-corrected chi connectivity index (χ3v) is 4.57. The number of carbonyl (C=O) groups excluding carboxylic acids is 2. The van der Waals surface area contributed by atoms with E-state index in [-0.39, 0.29) is 11.0 Å². The molecule has 2 amide bonds. The predicted molar refractivity (Wildman–Crippen MR) is 107 cm³/mol. The largest absolute Gasteiger partial charge is 0.298 e. The van der Waals surface area contributed by atoms with Gasteiger partial charge in [-0.2, -0.15) is 0 Å². The summed E-state index contributed by atoms with van der Waals surface area (Å²) in [4.78, 5) is 24.1. The molecule has 0 unspecified atom stereocenters. The summed E-state index contributed by atoms with van der Waals surface area (Å²) in [6, 6.07) is 9.08. The summed E-state index contributed by atoms with van der Waals surface area (Å²) in [6.07, 6.45) is 3.00. The molecule has 3 N–H and O–H groups in total. The summed E-state index contributed by atoms with van der Waals surface area (Å²) < 4.78 is 1.79. The lowest BCUT2D eigenvalue weighted by atomic mass is 10.2. The highest BCUT2D eigenvalue weighted by molar-refractivity contribution is 9.11. The topological polar surface area (TPSA) is 70.2 Å². The lowest BCUT2D eigenvalue weighted by molar-refractivity contribution is -0.115. The van der Waals surface area contributed by atoms with Crippen molar-refractivity contribution < 1.29 is 9.59 Å². The molecule has 0 aliphatic heterocycles. The molecule has 0 aliphatic carbocycles. The van der Waals surface area contributed by atoms with Gasteiger partial charge in [0.15, 0.2) is 5.11 Å². The highest BCUT2D eigenvalue weighted by Gasteiger charge is 2.07. The number of nitrogens with one attached hydrogen (secondary N) is 3. The van der Waals surface area contributed by atoms with Gasteiger partial charge in [0.05, 0.1) is 4.88 Å². The van der Waals surface area contributed by atoms with Crippen LogP contribution in [0, 0.1) is 0 Å². The lowest BCUT2D eigenvalue weighted by Gasteiger charge is -2.08. The number of halogens is 2. The zero-order valence-electron chi connectivity index (χ0n) is 12.0. The molecule has 0 fully saturated rings. The summed E-state index contributed by atoms with van der Waals surface area (Å²) in [5.74, 6) is -0.731. The fourth-order valence-electron chi connectivity index (χ4n) is 1.61. The van der Waals surface area contributed by atoms with Crippen LogP contribution in [-0.4, -0.2) is 16.9 Å². The van der Waals surface area contributed by atoms with E-state index in [1.807, 2.05) is 18.2 Å². The SMILES string of the molecule is O=C(/C=C/c1cc(Br)cc(Br)c1)NC(=S)NNC(=O)c1cccs1. The first-order valence-corrected chi connectivity index (χ1v) is 9.40. The first-order valence-electron chi connectivity index (χ1n) is 6.53. The molecule has 1 heterocycles. The smallest absolute Gasteiger partial charge is 0.279 e. The van der Waals surface area contributed by atoms with E-state index < -0.39 is 5.91 Å². The first kappa shape index (κ1) is 18.8. The van der Waals surface area contributed by atoms with E-state index in [2.05, 4.69) is 48.0 Å². The zero-order valence-corrected chi connectivity index (χ0v) is 16.8. The highest BCUT2D eigenvalue weighted by Crippen LogP contribution is 2.20. The van der Waals surface area contributed by atoms with Crippen molar-refractivity contribution in [1.29, 1.82) is 0 Å². The van der Waals surface area contributed by atoms with E-state index in [9.17, 15) is 9.59 Å². The van der Waals surface area contributed by atoms with E-state index in [4.69, 9.17) is 12.2 Å². The Labute approximate surface area is 164 Å². The van der Waals surface area contributed by atoms with Crippen molar-refractivity contribution in [2.75, 3.05) is 0 Å². The second kappa shape index (κ2) is 9.07. The molecule has 0 saturated heterocycles. The fraction of sp³-hybridized carbons (Fsp3) is 0. The number of thiocarbonyl (C=S) groups is 1. The average molecular weight is 489 g/mol. The van der Waals surface area contributed by atoms with Crippen LogP contribution in [0.2, 0.25) is 0 Å². The van der Waals surface area contributed by atoms with Crippen LogP contribution >= 0.6 is 55.4 Å². The molecule has 24 heavy (non-hydrogen) atoms. The summed E-state index contributed by atoms with van der Waals surface area (Å²) in [6.45, 7) is 0. The molecule has 0 atom stereocenters. The maximum absolute atomic E-state index is 11.8. The molecule has 9 heteroatoms. The molecular formula is C15H11Br2N3O2S2. The van der Waals surface area contributed by atoms with Gasteiger partial charge in [-0.3, -0.25) is 25.8 Å². The van der Waals surface area contributed by atoms with Gasteiger partial charge in [-0.15, -0.1) is 11.3 Å². The maximum Gasteiger partial charge on any atom is 0.279 e. The van der Waals surface area contributed by atoms with Crippen LogP contribution < -0.4 is 16.2 Å². The minimum atomic E-state index is -0.408. The summed E-state index contributed by atoms with van der Waals surface area (Å²) in [7, 11) is 0. The minimum absolute atomic E-state index is 0.00461. The molecule has 2 aromatic rings. The monoisotopic (exact) mass is 487 g/mol. The molecule has 1 aromatic carbocycles. The van der Waals surface area contributed by atoms with Gasteiger partial charge in [0.1, 0.15) is 0 Å². The Hall–Kier alpha value is -1.55.